The number of carbonyl (C=O) groups is 3. The van der Waals surface area contributed by atoms with Crippen LogP contribution in [0, 0.1) is 13.8 Å². The van der Waals surface area contributed by atoms with Crippen LogP contribution >= 0.6 is 23.2 Å². The number of hydrogen-bond donors (Lipinski definition) is 0. The average molecular weight is 391 g/mol. The Morgan fingerprint density at radius 1 is 1.04 bits per heavy atom. The molecule has 0 atom stereocenters. The number of benzene rings is 1. The number of halogens is 2. The third-order valence-electron chi connectivity index (χ3n) is 5.01. The fraction of sp³-hybridized carbons (Fsp3) is 0.316. The van der Waals surface area contributed by atoms with Crippen molar-refractivity contribution in [2.24, 2.45) is 0 Å². The van der Waals surface area contributed by atoms with Crippen LogP contribution in [0.15, 0.2) is 18.2 Å². The largest absolute Gasteiger partial charge is 0.345 e. The minimum Gasteiger partial charge on any atom is -0.345 e. The Hall–Kier alpha value is -2.11. The second-order valence-electron chi connectivity index (χ2n) is 6.82. The Bertz CT molecular complexity index is 948. The molecule has 2 aliphatic rings. The summed E-state index contributed by atoms with van der Waals surface area (Å²) in [7, 11) is 0. The summed E-state index contributed by atoms with van der Waals surface area (Å²) in [6, 6.07) is 5.05. The van der Waals surface area contributed by atoms with Crippen molar-refractivity contribution in [3.05, 3.63) is 56.3 Å². The van der Waals surface area contributed by atoms with Gasteiger partial charge in [-0.2, -0.15) is 0 Å². The van der Waals surface area contributed by atoms with Crippen LogP contribution in [-0.2, 0) is 0 Å². The van der Waals surface area contributed by atoms with Gasteiger partial charge in [-0.05, 0) is 44.9 Å². The number of aromatic nitrogens is 1. The molecule has 5 nitrogen and oxygen atoms in total. The standard InChI is InChI=1S/C19H16Cl2N2O3/c1-9-5-12(10(2)23(9)11-3-4-11)17(24)8-22-18(25)13-6-15(20)16(21)7-14(13)19(22)26/h5-7,11H,3-4,8H2,1-2H3. The van der Waals surface area contributed by atoms with Gasteiger partial charge in [0.15, 0.2) is 5.78 Å². The molecule has 134 valence electrons. The molecule has 2 aromatic rings. The Morgan fingerprint density at radius 2 is 1.58 bits per heavy atom. The van der Waals surface area contributed by atoms with Crippen LogP contribution in [0.1, 0.15) is 61.3 Å². The van der Waals surface area contributed by atoms with Gasteiger partial charge in [0.25, 0.3) is 11.8 Å². The minimum absolute atomic E-state index is 0.181. The first kappa shape index (κ1) is 17.3. The second kappa shape index (κ2) is 5.96. The normalized spacial score (nSPS) is 16.4. The summed E-state index contributed by atoms with van der Waals surface area (Å²) < 4.78 is 2.16. The lowest BCUT2D eigenvalue weighted by molar-refractivity contribution is 0.0624. The van der Waals surface area contributed by atoms with E-state index in [1.165, 1.54) is 12.1 Å². The summed E-state index contributed by atoms with van der Waals surface area (Å²) in [5, 5.41) is 0.403. The first-order valence-electron chi connectivity index (χ1n) is 8.36. The molecule has 2 amide bonds. The lowest BCUT2D eigenvalue weighted by Gasteiger charge is -2.13. The van der Waals surface area contributed by atoms with Crippen molar-refractivity contribution >= 4 is 40.8 Å². The maximum absolute atomic E-state index is 12.8. The van der Waals surface area contributed by atoms with Crippen LogP contribution in [0.25, 0.3) is 0 Å². The third-order valence-corrected chi connectivity index (χ3v) is 5.73. The number of fused-ring (bicyclic) bond motifs is 1. The molecule has 0 spiro atoms. The number of rotatable bonds is 4. The van der Waals surface area contributed by atoms with E-state index in [2.05, 4.69) is 4.57 Å². The molecule has 4 rings (SSSR count). The zero-order chi connectivity index (χ0) is 18.7. The van der Waals surface area contributed by atoms with Gasteiger partial charge in [0.05, 0.1) is 27.7 Å². The van der Waals surface area contributed by atoms with Gasteiger partial charge < -0.3 is 4.57 Å². The number of amides is 2. The van der Waals surface area contributed by atoms with Gasteiger partial charge in [-0.3, -0.25) is 19.3 Å². The van der Waals surface area contributed by atoms with Crippen molar-refractivity contribution < 1.29 is 14.4 Å². The van der Waals surface area contributed by atoms with Crippen molar-refractivity contribution in [3.63, 3.8) is 0 Å². The van der Waals surface area contributed by atoms with Crippen molar-refractivity contribution in [1.29, 1.82) is 0 Å². The van der Waals surface area contributed by atoms with Gasteiger partial charge in [-0.1, -0.05) is 23.2 Å². The van der Waals surface area contributed by atoms with Crippen LogP contribution < -0.4 is 0 Å². The number of ketones is 1. The molecule has 1 aromatic heterocycles. The number of imide groups is 1. The van der Waals surface area contributed by atoms with Crippen molar-refractivity contribution in [2.75, 3.05) is 6.54 Å². The van der Waals surface area contributed by atoms with E-state index in [-0.39, 0.29) is 33.5 Å². The molecule has 1 aliphatic heterocycles. The Labute approximate surface area is 160 Å². The fourth-order valence-corrected chi connectivity index (χ4v) is 3.94. The molecule has 1 saturated carbocycles. The third kappa shape index (κ3) is 2.58. The number of nitrogens with zero attached hydrogens (tertiary/aromatic N) is 2. The molecule has 0 N–H and O–H groups in total. The summed E-state index contributed by atoms with van der Waals surface area (Å²) in [4.78, 5) is 38.9. The molecule has 0 unspecified atom stereocenters. The van der Waals surface area contributed by atoms with Crippen LogP contribution in [0.2, 0.25) is 10.0 Å². The number of Topliss-reactive ketones (excluding diaryl/α,β-unsaturated/α-hetero) is 1. The lowest BCUT2D eigenvalue weighted by atomic mass is 10.1. The highest BCUT2D eigenvalue weighted by Crippen LogP contribution is 2.38. The average Bonchev–Trinajstić information content (AvgIpc) is 3.34. The molecule has 1 aliphatic carbocycles. The van der Waals surface area contributed by atoms with Gasteiger partial charge in [0.2, 0.25) is 0 Å². The van der Waals surface area contributed by atoms with Gasteiger partial charge in [0.1, 0.15) is 0 Å². The van der Waals surface area contributed by atoms with E-state index < -0.39 is 11.8 Å². The van der Waals surface area contributed by atoms with Crippen LogP contribution in [0.3, 0.4) is 0 Å². The van der Waals surface area contributed by atoms with Gasteiger partial charge in [-0.25, -0.2) is 0 Å². The summed E-state index contributed by atoms with van der Waals surface area (Å²) >= 11 is 11.9. The zero-order valence-corrected chi connectivity index (χ0v) is 15.8. The van der Waals surface area contributed by atoms with E-state index in [1.807, 2.05) is 19.9 Å². The summed E-state index contributed by atoms with van der Waals surface area (Å²) in [5.74, 6) is -1.29. The maximum atomic E-state index is 12.8. The molecular weight excluding hydrogens is 375 g/mol. The van der Waals surface area contributed by atoms with E-state index in [1.54, 1.807) is 0 Å². The van der Waals surface area contributed by atoms with Crippen molar-refractivity contribution in [1.82, 2.24) is 9.47 Å². The second-order valence-corrected chi connectivity index (χ2v) is 7.63. The highest BCUT2D eigenvalue weighted by molar-refractivity contribution is 6.43. The summed E-state index contributed by atoms with van der Waals surface area (Å²) in [5.41, 5.74) is 2.83. The molecule has 1 fully saturated rings. The van der Waals surface area contributed by atoms with Gasteiger partial charge >= 0.3 is 0 Å². The highest BCUT2D eigenvalue weighted by atomic mass is 35.5. The lowest BCUT2D eigenvalue weighted by Crippen LogP contribution is -2.35. The Kier molecular flexibility index (Phi) is 3.97. The minimum atomic E-state index is -0.520. The van der Waals surface area contributed by atoms with E-state index in [0.29, 0.717) is 11.6 Å². The van der Waals surface area contributed by atoms with Crippen molar-refractivity contribution in [3.8, 4) is 0 Å². The van der Waals surface area contributed by atoms with Gasteiger partial charge in [0, 0.05) is 23.0 Å². The Morgan fingerprint density at radius 3 is 2.08 bits per heavy atom. The predicted molar refractivity (Wildman–Crippen MR) is 98.3 cm³/mol. The monoisotopic (exact) mass is 390 g/mol. The predicted octanol–water partition coefficient (Wildman–Crippen LogP) is 4.23. The molecule has 1 aromatic carbocycles. The SMILES string of the molecule is Cc1cc(C(=O)CN2C(=O)c3cc(Cl)c(Cl)cc3C2=O)c(C)n1C1CC1. The molecule has 0 saturated heterocycles. The summed E-state index contributed by atoms with van der Waals surface area (Å²) in [6.07, 6.45) is 2.23. The molecule has 0 radical (unpaired) electrons. The van der Waals surface area contributed by atoms with Crippen LogP contribution in [0.5, 0.6) is 0 Å². The number of hydrogen-bond acceptors (Lipinski definition) is 3. The van der Waals surface area contributed by atoms with E-state index >= 15 is 0 Å². The van der Waals surface area contributed by atoms with Crippen LogP contribution in [-0.4, -0.2) is 33.6 Å². The first-order chi connectivity index (χ1) is 12.3. The maximum Gasteiger partial charge on any atom is 0.262 e. The smallest absolute Gasteiger partial charge is 0.262 e. The van der Waals surface area contributed by atoms with E-state index in [4.69, 9.17) is 23.2 Å². The first-order valence-corrected chi connectivity index (χ1v) is 9.12. The molecule has 0 bridgehead atoms. The molecule has 2 heterocycles. The zero-order valence-electron chi connectivity index (χ0n) is 14.3. The fourth-order valence-electron chi connectivity index (χ4n) is 3.61. The molecular formula is C19H16Cl2N2O3. The van der Waals surface area contributed by atoms with Crippen LogP contribution in [0.4, 0.5) is 0 Å². The highest BCUT2D eigenvalue weighted by Gasteiger charge is 2.38. The topological polar surface area (TPSA) is 59.4 Å². The molecule has 26 heavy (non-hydrogen) atoms. The van der Waals surface area contributed by atoms with E-state index in [0.717, 1.165) is 29.1 Å². The number of aryl methyl sites for hydroxylation is 1. The van der Waals surface area contributed by atoms with Gasteiger partial charge in [-0.15, -0.1) is 0 Å². The van der Waals surface area contributed by atoms with E-state index in [9.17, 15) is 14.4 Å². The molecule has 7 heteroatoms. The quantitative estimate of drug-likeness (QED) is 0.579. The number of carbonyl (C=O) groups excluding carboxylic acids is 3. The Balaban J connectivity index is 1.62. The van der Waals surface area contributed by atoms with Crippen molar-refractivity contribution in [2.45, 2.75) is 32.7 Å². The summed E-state index contributed by atoms with van der Waals surface area (Å²) in [6.45, 7) is 3.57.